The van der Waals surface area contributed by atoms with Crippen molar-refractivity contribution in [3.05, 3.63) is 21.4 Å². The van der Waals surface area contributed by atoms with E-state index in [0.29, 0.717) is 0 Å². The minimum absolute atomic E-state index is 0.150. The van der Waals surface area contributed by atoms with Gasteiger partial charge in [-0.25, -0.2) is 0 Å². The number of carbonyl (C=O) groups excluding carboxylic acids is 1. The Balaban J connectivity index is 1.14. The number of hydrogen-bond acceptors (Lipinski definition) is 4. The van der Waals surface area contributed by atoms with E-state index in [4.69, 9.17) is 0 Å². The minimum atomic E-state index is 0.150. The molecule has 4 rings (SSSR count). The van der Waals surface area contributed by atoms with Crippen molar-refractivity contribution >= 4 is 17.2 Å². The molecule has 0 spiro atoms. The van der Waals surface area contributed by atoms with Crippen molar-refractivity contribution in [2.45, 2.75) is 70.3 Å². The average molecular weight is 390 g/mol. The second-order valence-corrected chi connectivity index (χ2v) is 9.50. The summed E-state index contributed by atoms with van der Waals surface area (Å²) in [6.07, 6.45) is 13.0. The van der Waals surface area contributed by atoms with Crippen LogP contribution < -0.4 is 5.32 Å². The van der Waals surface area contributed by atoms with Crippen LogP contribution in [0.25, 0.3) is 0 Å². The van der Waals surface area contributed by atoms with Crippen LogP contribution in [0, 0.1) is 0 Å². The maximum atomic E-state index is 12.5. The Labute approximate surface area is 168 Å². The fourth-order valence-corrected chi connectivity index (χ4v) is 6.21. The van der Waals surface area contributed by atoms with Gasteiger partial charge < -0.3 is 10.2 Å². The minimum Gasteiger partial charge on any atom is -0.352 e. The van der Waals surface area contributed by atoms with Crippen LogP contribution in [-0.4, -0.2) is 61.0 Å². The molecule has 2 heterocycles. The molecule has 4 nitrogen and oxygen atoms in total. The SMILES string of the molecule is O=C(NCCCN1CCN(C2CCCCC2)CC1)c1csc2c1CCCC2. The van der Waals surface area contributed by atoms with Crippen LogP contribution in [0.1, 0.15) is 72.2 Å². The lowest BCUT2D eigenvalue weighted by Crippen LogP contribution is -2.51. The topological polar surface area (TPSA) is 35.6 Å². The monoisotopic (exact) mass is 389 g/mol. The lowest BCUT2D eigenvalue weighted by atomic mass is 9.94. The zero-order valence-electron chi connectivity index (χ0n) is 16.7. The van der Waals surface area contributed by atoms with Crippen molar-refractivity contribution in [3.8, 4) is 0 Å². The van der Waals surface area contributed by atoms with E-state index in [1.807, 2.05) is 0 Å². The number of fused-ring (bicyclic) bond motifs is 1. The molecule has 2 fully saturated rings. The van der Waals surface area contributed by atoms with Crippen molar-refractivity contribution in [3.63, 3.8) is 0 Å². The third kappa shape index (κ3) is 4.93. The summed E-state index contributed by atoms with van der Waals surface area (Å²) >= 11 is 1.78. The van der Waals surface area contributed by atoms with Gasteiger partial charge in [-0.15, -0.1) is 11.3 Å². The van der Waals surface area contributed by atoms with Gasteiger partial charge in [-0.3, -0.25) is 9.69 Å². The Morgan fingerprint density at radius 3 is 2.63 bits per heavy atom. The number of nitrogens with one attached hydrogen (secondary N) is 1. The van der Waals surface area contributed by atoms with E-state index in [1.165, 1.54) is 88.0 Å². The lowest BCUT2D eigenvalue weighted by molar-refractivity contribution is 0.0779. The van der Waals surface area contributed by atoms with Gasteiger partial charge in [0.2, 0.25) is 0 Å². The highest BCUT2D eigenvalue weighted by Gasteiger charge is 2.25. The lowest BCUT2D eigenvalue weighted by Gasteiger charge is -2.40. The maximum absolute atomic E-state index is 12.5. The Hall–Kier alpha value is -0.910. The largest absolute Gasteiger partial charge is 0.352 e. The molecular weight excluding hydrogens is 354 g/mol. The molecule has 1 saturated carbocycles. The van der Waals surface area contributed by atoms with Crippen molar-refractivity contribution in [1.29, 1.82) is 0 Å². The highest BCUT2D eigenvalue weighted by Crippen LogP contribution is 2.30. The zero-order chi connectivity index (χ0) is 18.5. The number of carbonyl (C=O) groups is 1. The molecule has 0 radical (unpaired) electrons. The van der Waals surface area contributed by atoms with Gasteiger partial charge in [0.05, 0.1) is 5.56 Å². The Bertz CT molecular complexity index is 615. The number of piperazine rings is 1. The van der Waals surface area contributed by atoms with Crippen LogP contribution in [-0.2, 0) is 12.8 Å². The molecule has 5 heteroatoms. The van der Waals surface area contributed by atoms with E-state index < -0.39 is 0 Å². The molecule has 1 aromatic rings. The van der Waals surface area contributed by atoms with E-state index in [1.54, 1.807) is 11.3 Å². The van der Waals surface area contributed by atoms with Gasteiger partial charge in [0.25, 0.3) is 5.91 Å². The third-order valence-corrected chi connectivity index (χ3v) is 7.83. The summed E-state index contributed by atoms with van der Waals surface area (Å²) in [4.78, 5) is 19.3. The Morgan fingerprint density at radius 1 is 1.04 bits per heavy atom. The molecule has 1 amide bonds. The molecule has 1 saturated heterocycles. The second-order valence-electron chi connectivity index (χ2n) is 8.54. The summed E-state index contributed by atoms with van der Waals surface area (Å²) in [5.41, 5.74) is 2.29. The Kier molecular flexibility index (Phi) is 6.85. The molecule has 0 bridgehead atoms. The van der Waals surface area contributed by atoms with E-state index in [2.05, 4.69) is 20.5 Å². The van der Waals surface area contributed by atoms with Gasteiger partial charge in [-0.2, -0.15) is 0 Å². The molecule has 150 valence electrons. The van der Waals surface area contributed by atoms with Gasteiger partial charge in [-0.1, -0.05) is 19.3 Å². The van der Waals surface area contributed by atoms with E-state index in [0.717, 1.165) is 37.5 Å². The van der Waals surface area contributed by atoms with Crippen molar-refractivity contribution in [2.75, 3.05) is 39.3 Å². The fraction of sp³-hybridized carbons (Fsp3) is 0.773. The predicted octanol–water partition coefficient (Wildman–Crippen LogP) is 3.70. The maximum Gasteiger partial charge on any atom is 0.252 e. The molecule has 0 aromatic carbocycles. The summed E-state index contributed by atoms with van der Waals surface area (Å²) < 4.78 is 0. The van der Waals surface area contributed by atoms with E-state index in [9.17, 15) is 4.79 Å². The molecule has 0 unspecified atom stereocenters. The normalized spacial score (nSPS) is 22.5. The Morgan fingerprint density at radius 2 is 1.81 bits per heavy atom. The predicted molar refractivity (Wildman–Crippen MR) is 113 cm³/mol. The molecule has 1 N–H and O–H groups in total. The van der Waals surface area contributed by atoms with Crippen LogP contribution in [0.2, 0.25) is 0 Å². The van der Waals surface area contributed by atoms with Crippen LogP contribution in [0.15, 0.2) is 5.38 Å². The summed E-state index contributed by atoms with van der Waals surface area (Å²) in [6, 6.07) is 0.858. The molecule has 27 heavy (non-hydrogen) atoms. The summed E-state index contributed by atoms with van der Waals surface area (Å²) in [7, 11) is 0. The molecule has 2 aliphatic carbocycles. The smallest absolute Gasteiger partial charge is 0.252 e. The second kappa shape index (κ2) is 9.53. The number of aryl methyl sites for hydroxylation is 1. The highest BCUT2D eigenvalue weighted by atomic mass is 32.1. The summed E-state index contributed by atoms with van der Waals surface area (Å²) in [5, 5.41) is 5.25. The highest BCUT2D eigenvalue weighted by molar-refractivity contribution is 7.10. The summed E-state index contributed by atoms with van der Waals surface area (Å²) in [5.74, 6) is 0.150. The third-order valence-electron chi connectivity index (χ3n) is 6.74. The number of rotatable bonds is 6. The van der Waals surface area contributed by atoms with Crippen LogP contribution in [0.4, 0.5) is 0 Å². The molecule has 0 atom stereocenters. The molecular formula is C22H35N3OS. The number of amides is 1. The van der Waals surface area contributed by atoms with E-state index in [-0.39, 0.29) is 5.91 Å². The quantitative estimate of drug-likeness (QED) is 0.754. The van der Waals surface area contributed by atoms with Gasteiger partial charge >= 0.3 is 0 Å². The van der Waals surface area contributed by atoms with Crippen molar-refractivity contribution in [1.82, 2.24) is 15.1 Å². The molecule has 3 aliphatic rings. The first-order valence-corrected chi connectivity index (χ1v) is 12.0. The number of nitrogens with zero attached hydrogens (tertiary/aromatic N) is 2. The average Bonchev–Trinajstić information content (AvgIpc) is 3.16. The van der Waals surface area contributed by atoms with Gasteiger partial charge in [0.15, 0.2) is 0 Å². The van der Waals surface area contributed by atoms with Crippen LogP contribution in [0.5, 0.6) is 0 Å². The standard InChI is InChI=1S/C22H35N3OS/c26-22(20-17-27-21-10-5-4-9-19(20)21)23-11-6-12-24-13-15-25(16-14-24)18-7-2-1-3-8-18/h17-18H,1-16H2,(H,23,26). The first-order valence-electron chi connectivity index (χ1n) is 11.1. The fourth-order valence-electron chi connectivity index (χ4n) is 5.08. The summed E-state index contributed by atoms with van der Waals surface area (Å²) in [6.45, 7) is 6.77. The molecule has 1 aliphatic heterocycles. The number of thiophene rings is 1. The van der Waals surface area contributed by atoms with Crippen LogP contribution >= 0.6 is 11.3 Å². The first-order chi connectivity index (χ1) is 13.3. The van der Waals surface area contributed by atoms with Crippen molar-refractivity contribution in [2.24, 2.45) is 0 Å². The van der Waals surface area contributed by atoms with E-state index >= 15 is 0 Å². The van der Waals surface area contributed by atoms with Crippen molar-refractivity contribution < 1.29 is 4.79 Å². The first kappa shape index (κ1) is 19.4. The van der Waals surface area contributed by atoms with Gasteiger partial charge in [0.1, 0.15) is 0 Å². The van der Waals surface area contributed by atoms with Gasteiger partial charge in [-0.05, 0) is 57.1 Å². The zero-order valence-corrected chi connectivity index (χ0v) is 17.5. The molecule has 1 aromatic heterocycles. The van der Waals surface area contributed by atoms with Gasteiger partial charge in [0, 0.05) is 49.0 Å². The van der Waals surface area contributed by atoms with Crippen LogP contribution in [0.3, 0.4) is 0 Å². The number of hydrogen-bond donors (Lipinski definition) is 1.